The van der Waals surface area contributed by atoms with Crippen LogP contribution in [-0.4, -0.2) is 7.18 Å². The van der Waals surface area contributed by atoms with E-state index >= 15 is 0 Å². The van der Waals surface area contributed by atoms with Crippen molar-refractivity contribution in [3.63, 3.8) is 0 Å². The molecule has 0 heterocycles. The van der Waals surface area contributed by atoms with Gasteiger partial charge in [-0.05, 0) is 45.9 Å². The Balaban J connectivity index is 0.000000461. The maximum absolute atomic E-state index is 12.2. The molecule has 0 aliphatic heterocycles. The summed E-state index contributed by atoms with van der Waals surface area (Å²) in [6.07, 6.45) is 0. The second-order valence-electron chi connectivity index (χ2n) is 1.53. The summed E-state index contributed by atoms with van der Waals surface area (Å²) in [5, 5.41) is 0. The third kappa shape index (κ3) is 4.22. The van der Waals surface area contributed by atoms with Crippen LogP contribution >= 0.6 is 21.7 Å². The number of halogens is 3. The van der Waals surface area contributed by atoms with Gasteiger partial charge in [0.25, 0.3) is 0 Å². The first-order valence-electron chi connectivity index (χ1n) is 2.75. The van der Waals surface area contributed by atoms with Crippen LogP contribution in [0.1, 0.15) is 0 Å². The van der Waals surface area contributed by atoms with E-state index in [4.69, 9.17) is 10.7 Å². The normalized spacial score (nSPS) is 8.36. The SMILES string of the molecule is CF.Fc1ccc(SCl)cc1. The molecule has 0 N–H and O–H groups in total. The highest BCUT2D eigenvalue weighted by Gasteiger charge is 1.89. The average molecular weight is 197 g/mol. The molecule has 0 radical (unpaired) electrons. The quantitative estimate of drug-likeness (QED) is 0.661. The van der Waals surface area contributed by atoms with Crippen LogP contribution in [0.3, 0.4) is 0 Å². The predicted octanol–water partition coefficient (Wildman–Crippen LogP) is 3.66. The van der Waals surface area contributed by atoms with Gasteiger partial charge in [-0.2, -0.15) is 0 Å². The molecular formula is C7H7ClF2S. The summed E-state index contributed by atoms with van der Waals surface area (Å²) in [4.78, 5) is 0.859. The van der Waals surface area contributed by atoms with Crippen LogP contribution in [0.2, 0.25) is 0 Å². The maximum atomic E-state index is 12.2. The third-order valence-electron chi connectivity index (χ3n) is 0.903. The van der Waals surface area contributed by atoms with E-state index in [9.17, 15) is 8.78 Å². The van der Waals surface area contributed by atoms with Crippen molar-refractivity contribution in [1.29, 1.82) is 0 Å². The third-order valence-corrected chi connectivity index (χ3v) is 1.89. The fourth-order valence-corrected chi connectivity index (χ4v) is 1.03. The van der Waals surface area contributed by atoms with Crippen LogP contribution in [0.25, 0.3) is 0 Å². The predicted molar refractivity (Wildman–Crippen MR) is 45.1 cm³/mol. The van der Waals surface area contributed by atoms with Gasteiger partial charge in [0, 0.05) is 4.90 Å². The number of rotatable bonds is 1. The second kappa shape index (κ2) is 6.43. The molecular weight excluding hydrogens is 190 g/mol. The van der Waals surface area contributed by atoms with Gasteiger partial charge in [-0.3, -0.25) is 4.39 Å². The van der Waals surface area contributed by atoms with E-state index in [-0.39, 0.29) is 5.82 Å². The standard InChI is InChI=1S/C6H4ClFS.CH3F/c7-9-6-3-1-5(8)2-4-6;1-2/h1-4H;1H3. The van der Waals surface area contributed by atoms with Gasteiger partial charge in [0.1, 0.15) is 5.82 Å². The van der Waals surface area contributed by atoms with Crippen LogP contribution in [0.15, 0.2) is 29.2 Å². The lowest BCUT2D eigenvalue weighted by Gasteiger charge is -1.89. The van der Waals surface area contributed by atoms with E-state index in [1.807, 2.05) is 0 Å². The molecule has 4 heteroatoms. The largest absolute Gasteiger partial charge is 0.255 e. The first-order valence-corrected chi connectivity index (χ1v) is 4.39. The molecule has 62 valence electrons. The molecule has 0 fully saturated rings. The van der Waals surface area contributed by atoms with Crippen molar-refractivity contribution in [3.8, 4) is 0 Å². The van der Waals surface area contributed by atoms with Gasteiger partial charge in [-0.25, -0.2) is 4.39 Å². The summed E-state index contributed by atoms with van der Waals surface area (Å²) in [6.45, 7) is 0. The molecule has 1 aromatic rings. The Hall–Kier alpha value is -0.280. The van der Waals surface area contributed by atoms with Crippen molar-refractivity contribution >= 4 is 21.7 Å². The molecule has 11 heavy (non-hydrogen) atoms. The Morgan fingerprint density at radius 3 is 2.00 bits per heavy atom. The number of alkyl halides is 1. The number of hydrogen-bond acceptors (Lipinski definition) is 1. The highest BCUT2D eigenvalue weighted by atomic mass is 35.7. The molecule has 0 aliphatic carbocycles. The Labute approximate surface area is 73.1 Å². The van der Waals surface area contributed by atoms with E-state index in [0.717, 1.165) is 15.9 Å². The van der Waals surface area contributed by atoms with Gasteiger partial charge >= 0.3 is 0 Å². The summed E-state index contributed by atoms with van der Waals surface area (Å²) < 4.78 is 21.7. The Bertz CT molecular complexity index is 188. The fraction of sp³-hybridized carbons (Fsp3) is 0.143. The molecule has 0 aromatic heterocycles. The lowest BCUT2D eigenvalue weighted by atomic mass is 10.4. The second-order valence-corrected chi connectivity index (χ2v) is 2.62. The molecule has 0 nitrogen and oxygen atoms in total. The monoisotopic (exact) mass is 196 g/mol. The van der Waals surface area contributed by atoms with E-state index in [1.165, 1.54) is 12.1 Å². The van der Waals surface area contributed by atoms with Crippen molar-refractivity contribution in [3.05, 3.63) is 30.1 Å². The summed E-state index contributed by atoms with van der Waals surface area (Å²) in [7, 11) is 6.96. The van der Waals surface area contributed by atoms with E-state index < -0.39 is 0 Å². The molecule has 0 spiro atoms. The van der Waals surface area contributed by atoms with Gasteiger partial charge in [-0.1, -0.05) is 0 Å². The maximum Gasteiger partial charge on any atom is 0.123 e. The van der Waals surface area contributed by atoms with Gasteiger partial charge in [0.2, 0.25) is 0 Å². The number of hydrogen-bond donors (Lipinski definition) is 0. The van der Waals surface area contributed by atoms with Crippen LogP contribution < -0.4 is 0 Å². The summed E-state index contributed by atoms with van der Waals surface area (Å²) in [5.41, 5.74) is 0. The molecule has 0 amide bonds. The summed E-state index contributed by atoms with van der Waals surface area (Å²) in [5.74, 6) is -0.232. The topological polar surface area (TPSA) is 0 Å². The van der Waals surface area contributed by atoms with E-state index in [2.05, 4.69) is 0 Å². The van der Waals surface area contributed by atoms with Crippen molar-refractivity contribution in [1.82, 2.24) is 0 Å². The summed E-state index contributed by atoms with van der Waals surface area (Å²) >= 11 is 0. The minimum absolute atomic E-state index is 0.232. The van der Waals surface area contributed by atoms with Crippen LogP contribution in [0, 0.1) is 5.82 Å². The lowest BCUT2D eigenvalue weighted by Crippen LogP contribution is -1.69. The van der Waals surface area contributed by atoms with Crippen LogP contribution in [0.5, 0.6) is 0 Å². The van der Waals surface area contributed by atoms with Crippen molar-refractivity contribution in [2.45, 2.75) is 4.90 Å². The Morgan fingerprint density at radius 2 is 1.64 bits per heavy atom. The minimum Gasteiger partial charge on any atom is -0.255 e. The average Bonchev–Trinajstić information content (AvgIpc) is 2.10. The smallest absolute Gasteiger partial charge is 0.123 e. The minimum atomic E-state index is -0.232. The molecule has 0 saturated heterocycles. The first-order chi connectivity index (χ1) is 5.33. The Morgan fingerprint density at radius 1 is 1.18 bits per heavy atom. The van der Waals surface area contributed by atoms with Gasteiger partial charge < -0.3 is 0 Å². The van der Waals surface area contributed by atoms with Gasteiger partial charge in [0.05, 0.1) is 7.18 Å². The first kappa shape index (κ1) is 10.7. The molecule has 1 aromatic carbocycles. The van der Waals surface area contributed by atoms with E-state index in [0.29, 0.717) is 7.18 Å². The molecule has 0 atom stereocenters. The van der Waals surface area contributed by atoms with Crippen molar-refractivity contribution in [2.24, 2.45) is 0 Å². The van der Waals surface area contributed by atoms with E-state index in [1.54, 1.807) is 12.1 Å². The molecule has 0 unspecified atom stereocenters. The number of benzene rings is 1. The van der Waals surface area contributed by atoms with Crippen LogP contribution in [-0.2, 0) is 0 Å². The fourth-order valence-electron chi connectivity index (χ4n) is 0.486. The zero-order chi connectivity index (χ0) is 8.69. The van der Waals surface area contributed by atoms with Gasteiger partial charge in [-0.15, -0.1) is 0 Å². The molecule has 0 bridgehead atoms. The van der Waals surface area contributed by atoms with Gasteiger partial charge in [0.15, 0.2) is 0 Å². The highest BCUT2D eigenvalue weighted by Crippen LogP contribution is 2.20. The molecule has 0 saturated carbocycles. The zero-order valence-electron chi connectivity index (χ0n) is 5.85. The zero-order valence-corrected chi connectivity index (χ0v) is 7.42. The van der Waals surface area contributed by atoms with Crippen molar-refractivity contribution < 1.29 is 8.78 Å². The summed E-state index contributed by atoms with van der Waals surface area (Å²) in [6, 6.07) is 6.02. The van der Waals surface area contributed by atoms with Crippen LogP contribution in [0.4, 0.5) is 8.78 Å². The molecule has 0 aliphatic rings. The highest BCUT2D eigenvalue weighted by molar-refractivity contribution is 8.21. The molecule has 1 rings (SSSR count). The Kier molecular flexibility index (Phi) is 6.27. The lowest BCUT2D eigenvalue weighted by molar-refractivity contribution is 0.626. The van der Waals surface area contributed by atoms with Crippen molar-refractivity contribution in [2.75, 3.05) is 7.18 Å².